The zero-order valence-corrected chi connectivity index (χ0v) is 12.4. The summed E-state index contributed by atoms with van der Waals surface area (Å²) in [5.74, 6) is -0.285. The summed E-state index contributed by atoms with van der Waals surface area (Å²) in [5.41, 5.74) is 0. The molecule has 5 heteroatoms. The maximum Gasteiger partial charge on any atom is 0.326 e. The maximum atomic E-state index is 12.7. The lowest BCUT2D eigenvalue weighted by Crippen LogP contribution is -2.53. The van der Waals surface area contributed by atoms with Crippen molar-refractivity contribution in [3.8, 4) is 0 Å². The summed E-state index contributed by atoms with van der Waals surface area (Å²) in [6.45, 7) is 4.31. The van der Waals surface area contributed by atoms with E-state index in [2.05, 4.69) is 6.92 Å². The molecule has 2 saturated heterocycles. The van der Waals surface area contributed by atoms with Crippen LogP contribution < -0.4 is 0 Å². The quantitative estimate of drug-likeness (QED) is 0.846. The van der Waals surface area contributed by atoms with Crippen LogP contribution in [0.1, 0.15) is 51.9 Å². The Kier molecular flexibility index (Phi) is 5.26. The monoisotopic (exact) mass is 282 g/mol. The molecule has 5 nitrogen and oxygen atoms in total. The Morgan fingerprint density at radius 1 is 1.10 bits per heavy atom. The Labute approximate surface area is 120 Å². The molecule has 0 radical (unpaired) electrons. The average Bonchev–Trinajstić information content (AvgIpc) is 2.72. The van der Waals surface area contributed by atoms with Crippen LogP contribution in [0, 0.1) is 5.92 Å². The van der Waals surface area contributed by atoms with E-state index in [1.165, 1.54) is 6.42 Å². The Hall–Kier alpha value is -1.26. The van der Waals surface area contributed by atoms with Gasteiger partial charge in [0.1, 0.15) is 6.04 Å². The molecule has 20 heavy (non-hydrogen) atoms. The molecule has 2 aliphatic heterocycles. The molecule has 2 rings (SSSR count). The van der Waals surface area contributed by atoms with Crippen LogP contribution in [-0.2, 0) is 4.79 Å². The first kappa shape index (κ1) is 15.1. The lowest BCUT2D eigenvalue weighted by Gasteiger charge is -2.37. The summed E-state index contributed by atoms with van der Waals surface area (Å²) >= 11 is 0. The van der Waals surface area contributed by atoms with Gasteiger partial charge in [-0.05, 0) is 31.6 Å². The minimum atomic E-state index is -0.857. The normalized spacial score (nSPS) is 28.1. The van der Waals surface area contributed by atoms with Crippen molar-refractivity contribution in [1.29, 1.82) is 0 Å². The molecule has 114 valence electrons. The number of rotatable bonds is 2. The number of hydrogen-bond donors (Lipinski definition) is 1. The zero-order chi connectivity index (χ0) is 14.5. The van der Waals surface area contributed by atoms with Crippen LogP contribution in [0.15, 0.2) is 0 Å². The van der Waals surface area contributed by atoms with Gasteiger partial charge in [0.2, 0.25) is 0 Å². The Morgan fingerprint density at radius 2 is 1.90 bits per heavy atom. The van der Waals surface area contributed by atoms with Gasteiger partial charge < -0.3 is 14.9 Å². The third-order valence-corrected chi connectivity index (χ3v) is 4.65. The molecule has 2 fully saturated rings. The largest absolute Gasteiger partial charge is 0.480 e. The van der Waals surface area contributed by atoms with Crippen molar-refractivity contribution in [2.24, 2.45) is 5.92 Å². The van der Waals surface area contributed by atoms with Crippen molar-refractivity contribution < 1.29 is 14.7 Å². The van der Waals surface area contributed by atoms with Crippen molar-refractivity contribution in [2.75, 3.05) is 19.6 Å². The molecule has 2 atom stereocenters. The summed E-state index contributed by atoms with van der Waals surface area (Å²) in [6, 6.07) is -0.690. The van der Waals surface area contributed by atoms with Crippen molar-refractivity contribution in [3.63, 3.8) is 0 Å². The Bertz CT molecular complexity index is 359. The summed E-state index contributed by atoms with van der Waals surface area (Å²) in [6.07, 6.45) is 6.74. The fourth-order valence-corrected chi connectivity index (χ4v) is 3.35. The van der Waals surface area contributed by atoms with Crippen LogP contribution in [0.4, 0.5) is 4.79 Å². The van der Waals surface area contributed by atoms with Gasteiger partial charge in [0, 0.05) is 19.6 Å². The number of piperidine rings is 1. The molecule has 2 aliphatic rings. The average molecular weight is 282 g/mol. The SMILES string of the molecule is CCC1CCCN(C(=O)N2CCCCCC2C(=O)O)C1. The molecule has 0 aromatic carbocycles. The van der Waals surface area contributed by atoms with E-state index >= 15 is 0 Å². The second-order valence-corrected chi connectivity index (χ2v) is 6.04. The molecule has 0 saturated carbocycles. The van der Waals surface area contributed by atoms with E-state index in [1.54, 1.807) is 4.90 Å². The first-order chi connectivity index (χ1) is 9.63. The van der Waals surface area contributed by atoms with Crippen molar-refractivity contribution >= 4 is 12.0 Å². The highest BCUT2D eigenvalue weighted by atomic mass is 16.4. The van der Waals surface area contributed by atoms with Crippen molar-refractivity contribution in [1.82, 2.24) is 9.80 Å². The van der Waals surface area contributed by atoms with E-state index < -0.39 is 12.0 Å². The molecule has 0 aromatic heterocycles. The van der Waals surface area contributed by atoms with Crippen molar-refractivity contribution in [3.05, 3.63) is 0 Å². The number of nitrogens with zero attached hydrogens (tertiary/aromatic N) is 2. The number of carboxylic acids is 1. The van der Waals surface area contributed by atoms with Gasteiger partial charge in [0.15, 0.2) is 0 Å². The molecule has 0 aliphatic carbocycles. The van der Waals surface area contributed by atoms with Crippen LogP contribution in [0.2, 0.25) is 0 Å². The smallest absolute Gasteiger partial charge is 0.326 e. The first-order valence-corrected chi connectivity index (χ1v) is 7.91. The number of carboxylic acid groups (broad SMARTS) is 1. The third-order valence-electron chi connectivity index (χ3n) is 4.65. The van der Waals surface area contributed by atoms with Gasteiger partial charge in [0.05, 0.1) is 0 Å². The number of carbonyl (C=O) groups excluding carboxylic acids is 1. The number of urea groups is 1. The number of likely N-dealkylation sites (tertiary alicyclic amines) is 2. The topological polar surface area (TPSA) is 60.9 Å². The van der Waals surface area contributed by atoms with E-state index in [0.29, 0.717) is 18.9 Å². The summed E-state index contributed by atoms with van der Waals surface area (Å²) in [4.78, 5) is 27.6. The molecule has 0 spiro atoms. The van der Waals surface area contributed by atoms with Gasteiger partial charge in [-0.15, -0.1) is 0 Å². The zero-order valence-electron chi connectivity index (χ0n) is 12.4. The summed E-state index contributed by atoms with van der Waals surface area (Å²) in [5, 5.41) is 9.37. The number of carbonyl (C=O) groups is 2. The fraction of sp³-hybridized carbons (Fsp3) is 0.867. The van der Waals surface area contributed by atoms with Crippen LogP contribution in [0.25, 0.3) is 0 Å². The van der Waals surface area contributed by atoms with E-state index in [-0.39, 0.29) is 6.03 Å². The van der Waals surface area contributed by atoms with Gasteiger partial charge >= 0.3 is 12.0 Å². The van der Waals surface area contributed by atoms with Crippen molar-refractivity contribution in [2.45, 2.75) is 57.9 Å². The molecular weight excluding hydrogens is 256 g/mol. The Balaban J connectivity index is 2.06. The molecule has 0 aromatic rings. The van der Waals surface area contributed by atoms with Crippen LogP contribution in [0.5, 0.6) is 0 Å². The minimum Gasteiger partial charge on any atom is -0.480 e. The predicted molar refractivity (Wildman–Crippen MR) is 76.6 cm³/mol. The molecule has 2 heterocycles. The molecular formula is C15H26N2O3. The molecule has 1 N–H and O–H groups in total. The number of hydrogen-bond acceptors (Lipinski definition) is 2. The Morgan fingerprint density at radius 3 is 2.60 bits per heavy atom. The van der Waals surface area contributed by atoms with Crippen LogP contribution in [-0.4, -0.2) is 52.6 Å². The lowest BCUT2D eigenvalue weighted by molar-refractivity contribution is -0.142. The second kappa shape index (κ2) is 6.95. The second-order valence-electron chi connectivity index (χ2n) is 6.04. The van der Waals surface area contributed by atoms with Gasteiger partial charge in [0.25, 0.3) is 0 Å². The summed E-state index contributed by atoms with van der Waals surface area (Å²) < 4.78 is 0. The number of aliphatic carboxylic acids is 1. The first-order valence-electron chi connectivity index (χ1n) is 7.91. The van der Waals surface area contributed by atoms with E-state index in [4.69, 9.17) is 0 Å². The summed E-state index contributed by atoms with van der Waals surface area (Å²) in [7, 11) is 0. The number of amides is 2. The van der Waals surface area contributed by atoms with E-state index in [1.807, 2.05) is 4.90 Å². The van der Waals surface area contributed by atoms with Gasteiger partial charge in [-0.3, -0.25) is 0 Å². The highest BCUT2D eigenvalue weighted by Gasteiger charge is 2.34. The van der Waals surface area contributed by atoms with E-state index in [0.717, 1.165) is 45.2 Å². The molecule has 2 unspecified atom stereocenters. The minimum absolute atomic E-state index is 0.0579. The third kappa shape index (κ3) is 3.44. The van der Waals surface area contributed by atoms with Gasteiger partial charge in [-0.1, -0.05) is 26.2 Å². The van der Waals surface area contributed by atoms with Gasteiger partial charge in [-0.2, -0.15) is 0 Å². The van der Waals surface area contributed by atoms with Crippen LogP contribution in [0.3, 0.4) is 0 Å². The molecule has 2 amide bonds. The van der Waals surface area contributed by atoms with E-state index in [9.17, 15) is 14.7 Å². The highest BCUT2D eigenvalue weighted by Crippen LogP contribution is 2.23. The lowest BCUT2D eigenvalue weighted by atomic mass is 9.96. The highest BCUT2D eigenvalue weighted by molar-refractivity contribution is 5.82. The fourth-order valence-electron chi connectivity index (χ4n) is 3.35. The van der Waals surface area contributed by atoms with Gasteiger partial charge in [-0.25, -0.2) is 9.59 Å². The molecule has 0 bridgehead atoms. The van der Waals surface area contributed by atoms with Crippen LogP contribution >= 0.6 is 0 Å². The maximum absolute atomic E-state index is 12.7. The standard InChI is InChI=1S/C15H26N2O3/c1-2-12-7-6-9-16(11-12)15(20)17-10-5-3-4-8-13(17)14(18)19/h12-13H,2-11H2,1H3,(H,18,19). The predicted octanol–water partition coefficient (Wildman–Crippen LogP) is 2.56.